The normalized spacial score (nSPS) is 16.1. The van der Waals surface area contributed by atoms with Gasteiger partial charge >= 0.3 is 0 Å². The predicted molar refractivity (Wildman–Crippen MR) is 140 cm³/mol. The van der Waals surface area contributed by atoms with Gasteiger partial charge in [0.2, 0.25) is 0 Å². The lowest BCUT2D eigenvalue weighted by Gasteiger charge is -2.36. The number of benzene rings is 2. The number of anilines is 2. The molecule has 5 nitrogen and oxygen atoms in total. The molecule has 0 saturated carbocycles. The zero-order chi connectivity index (χ0) is 23.1. The maximum Gasteiger partial charge on any atom is 0.151 e. The van der Waals surface area contributed by atoms with E-state index in [0.717, 1.165) is 49.0 Å². The van der Waals surface area contributed by atoms with E-state index in [4.69, 9.17) is 4.98 Å². The average molecular weight is 450 g/mol. The van der Waals surface area contributed by atoms with Crippen LogP contribution in [0.1, 0.15) is 35.1 Å². The zero-order valence-corrected chi connectivity index (χ0v) is 20.1. The second-order valence-electron chi connectivity index (χ2n) is 9.71. The summed E-state index contributed by atoms with van der Waals surface area (Å²) in [6, 6.07) is 19.7. The minimum absolute atomic E-state index is 0.916. The van der Waals surface area contributed by atoms with Crippen molar-refractivity contribution < 1.29 is 0 Å². The first-order chi connectivity index (χ1) is 16.7. The predicted octanol–water partition coefficient (Wildman–Crippen LogP) is 5.51. The van der Waals surface area contributed by atoms with Gasteiger partial charge in [0.1, 0.15) is 5.82 Å². The molecule has 1 aliphatic heterocycles. The van der Waals surface area contributed by atoms with Crippen LogP contribution in [0.2, 0.25) is 0 Å². The van der Waals surface area contributed by atoms with Crippen LogP contribution >= 0.6 is 0 Å². The molecule has 6 rings (SSSR count). The second-order valence-corrected chi connectivity index (χ2v) is 9.71. The Morgan fingerprint density at radius 1 is 0.676 bits per heavy atom. The van der Waals surface area contributed by atoms with Crippen LogP contribution in [0.5, 0.6) is 0 Å². The van der Waals surface area contributed by atoms with Crippen LogP contribution in [0.3, 0.4) is 0 Å². The highest BCUT2D eigenvalue weighted by Gasteiger charge is 2.21. The number of pyridine rings is 1. The molecule has 172 valence electrons. The molecule has 0 atom stereocenters. The Morgan fingerprint density at radius 2 is 1.44 bits per heavy atom. The Hall–Kier alpha value is -3.47. The lowest BCUT2D eigenvalue weighted by molar-refractivity contribution is 0.639. The van der Waals surface area contributed by atoms with Crippen molar-refractivity contribution in [3.63, 3.8) is 0 Å². The molecule has 0 spiro atoms. The molecule has 5 heteroatoms. The van der Waals surface area contributed by atoms with Crippen molar-refractivity contribution in [3.8, 4) is 11.3 Å². The number of aromatic nitrogens is 3. The summed E-state index contributed by atoms with van der Waals surface area (Å²) in [5, 5.41) is 10.4. The third kappa shape index (κ3) is 3.89. The van der Waals surface area contributed by atoms with Crippen LogP contribution in [-0.2, 0) is 12.8 Å². The highest BCUT2D eigenvalue weighted by Crippen LogP contribution is 2.28. The third-order valence-electron chi connectivity index (χ3n) is 7.46. The summed E-state index contributed by atoms with van der Waals surface area (Å²) in [4.78, 5) is 9.74. The zero-order valence-electron chi connectivity index (χ0n) is 20.1. The Morgan fingerprint density at radius 3 is 2.21 bits per heavy atom. The van der Waals surface area contributed by atoms with Gasteiger partial charge in [0, 0.05) is 37.1 Å². The van der Waals surface area contributed by atoms with Crippen LogP contribution in [0.4, 0.5) is 11.6 Å². The summed E-state index contributed by atoms with van der Waals surface area (Å²) in [6.07, 6.45) is 5.00. The first kappa shape index (κ1) is 21.1. The summed E-state index contributed by atoms with van der Waals surface area (Å²) in [6.45, 7) is 8.01. The quantitative estimate of drug-likeness (QED) is 0.412. The van der Waals surface area contributed by atoms with Gasteiger partial charge in [-0.3, -0.25) is 0 Å². The topological polar surface area (TPSA) is 45.2 Å². The molecule has 2 aliphatic rings. The second kappa shape index (κ2) is 8.71. The van der Waals surface area contributed by atoms with Gasteiger partial charge in [0.15, 0.2) is 5.82 Å². The van der Waals surface area contributed by atoms with Gasteiger partial charge in [0.05, 0.1) is 11.2 Å². The van der Waals surface area contributed by atoms with Crippen molar-refractivity contribution in [1.82, 2.24) is 15.2 Å². The summed E-state index contributed by atoms with van der Waals surface area (Å²) in [7, 11) is 0. The largest absolute Gasteiger partial charge is 0.353 e. The summed E-state index contributed by atoms with van der Waals surface area (Å²) >= 11 is 0. The summed E-state index contributed by atoms with van der Waals surface area (Å²) < 4.78 is 0. The lowest BCUT2D eigenvalue weighted by Crippen LogP contribution is -2.47. The van der Waals surface area contributed by atoms with E-state index in [2.05, 4.69) is 88.4 Å². The number of nitrogens with zero attached hydrogens (tertiary/aromatic N) is 5. The molecule has 0 radical (unpaired) electrons. The monoisotopic (exact) mass is 449 g/mol. The van der Waals surface area contributed by atoms with Crippen LogP contribution in [-0.4, -0.2) is 41.4 Å². The average Bonchev–Trinajstić information content (AvgIpc) is 2.89. The first-order valence-corrected chi connectivity index (χ1v) is 12.5. The van der Waals surface area contributed by atoms with E-state index in [-0.39, 0.29) is 0 Å². The van der Waals surface area contributed by atoms with Crippen LogP contribution in [0.15, 0.2) is 54.6 Å². The minimum atomic E-state index is 0.916. The molecule has 1 aliphatic carbocycles. The first-order valence-electron chi connectivity index (χ1n) is 12.5. The van der Waals surface area contributed by atoms with Gasteiger partial charge in [-0.2, -0.15) is 0 Å². The number of fused-ring (bicyclic) bond motifs is 2. The molecule has 0 amide bonds. The Kier molecular flexibility index (Phi) is 5.40. The van der Waals surface area contributed by atoms with Crippen molar-refractivity contribution in [2.24, 2.45) is 0 Å². The number of rotatable bonds is 3. The molecule has 2 aromatic carbocycles. The molecule has 0 unspecified atom stereocenters. The Balaban J connectivity index is 1.16. The lowest BCUT2D eigenvalue weighted by atomic mass is 9.90. The minimum Gasteiger partial charge on any atom is -0.353 e. The van der Waals surface area contributed by atoms with Gasteiger partial charge in [0.25, 0.3) is 0 Å². The van der Waals surface area contributed by atoms with E-state index in [1.165, 1.54) is 58.9 Å². The summed E-state index contributed by atoms with van der Waals surface area (Å²) in [5.41, 5.74) is 8.76. The third-order valence-corrected chi connectivity index (χ3v) is 7.46. The molecule has 0 N–H and O–H groups in total. The fourth-order valence-electron chi connectivity index (χ4n) is 5.41. The van der Waals surface area contributed by atoms with Crippen molar-refractivity contribution in [2.45, 2.75) is 39.5 Å². The Bertz CT molecular complexity index is 1340. The van der Waals surface area contributed by atoms with Gasteiger partial charge in [-0.1, -0.05) is 30.3 Å². The number of hydrogen-bond donors (Lipinski definition) is 0. The smallest absolute Gasteiger partial charge is 0.151 e. The van der Waals surface area contributed by atoms with E-state index in [1.807, 2.05) is 0 Å². The van der Waals surface area contributed by atoms with Crippen molar-refractivity contribution in [2.75, 3.05) is 36.0 Å². The highest BCUT2D eigenvalue weighted by atomic mass is 15.3. The maximum absolute atomic E-state index is 5.01. The van der Waals surface area contributed by atoms with Crippen LogP contribution < -0.4 is 9.80 Å². The molecule has 2 aromatic heterocycles. The standard InChI is InChI=1S/C29H31N5/c1-20-6-5-9-25-21(2)18-28(30-29(20)25)34-16-14-33(15-17-34)27-13-12-26(31-32-27)24-11-10-22-7-3-4-8-23(22)19-24/h5-6,9-13,18-19H,3-4,7-8,14-17H2,1-2H3. The van der Waals surface area contributed by atoms with Gasteiger partial charge < -0.3 is 9.80 Å². The number of piperazine rings is 1. The fourth-order valence-corrected chi connectivity index (χ4v) is 5.41. The summed E-state index contributed by atoms with van der Waals surface area (Å²) in [5.74, 6) is 2.03. The number of hydrogen-bond acceptors (Lipinski definition) is 5. The molecule has 3 heterocycles. The molecule has 0 bridgehead atoms. The Labute approximate surface area is 201 Å². The van der Waals surface area contributed by atoms with Crippen LogP contribution in [0.25, 0.3) is 22.2 Å². The SMILES string of the molecule is Cc1cc(N2CCN(c3ccc(-c4ccc5c(c4)CCCC5)nn3)CC2)nc2c(C)cccc12. The molecule has 1 saturated heterocycles. The maximum atomic E-state index is 5.01. The van der Waals surface area contributed by atoms with Crippen molar-refractivity contribution in [1.29, 1.82) is 0 Å². The van der Waals surface area contributed by atoms with Gasteiger partial charge in [-0.15, -0.1) is 10.2 Å². The van der Waals surface area contributed by atoms with Gasteiger partial charge in [-0.05, 0) is 86.1 Å². The van der Waals surface area contributed by atoms with Crippen molar-refractivity contribution >= 4 is 22.5 Å². The van der Waals surface area contributed by atoms with Gasteiger partial charge in [-0.25, -0.2) is 4.98 Å². The fraction of sp³-hybridized carbons (Fsp3) is 0.345. The van der Waals surface area contributed by atoms with E-state index < -0.39 is 0 Å². The molecule has 1 fully saturated rings. The molecule has 4 aromatic rings. The van der Waals surface area contributed by atoms with E-state index >= 15 is 0 Å². The van der Waals surface area contributed by atoms with Crippen LogP contribution in [0, 0.1) is 13.8 Å². The van der Waals surface area contributed by atoms with E-state index in [1.54, 1.807) is 0 Å². The number of para-hydroxylation sites is 1. The molecule has 34 heavy (non-hydrogen) atoms. The van der Waals surface area contributed by atoms with Crippen molar-refractivity contribution in [3.05, 3.63) is 76.9 Å². The van der Waals surface area contributed by atoms with E-state index in [0.29, 0.717) is 0 Å². The highest BCUT2D eigenvalue weighted by molar-refractivity contribution is 5.86. The molecular weight excluding hydrogens is 418 g/mol. The van der Waals surface area contributed by atoms with E-state index in [9.17, 15) is 0 Å². The molecular formula is C29H31N5. The number of aryl methyl sites for hydroxylation is 4.